The van der Waals surface area contributed by atoms with Crippen LogP contribution in [0.2, 0.25) is 0 Å². The van der Waals surface area contributed by atoms with Gasteiger partial charge in [-0.05, 0) is 61.3 Å². The van der Waals surface area contributed by atoms with E-state index in [1.807, 2.05) is 19.9 Å². The zero-order valence-electron chi connectivity index (χ0n) is 14.0. The van der Waals surface area contributed by atoms with E-state index in [-0.39, 0.29) is 11.9 Å². The van der Waals surface area contributed by atoms with Crippen molar-refractivity contribution in [3.05, 3.63) is 29.1 Å². The fourth-order valence-corrected chi connectivity index (χ4v) is 3.31. The Morgan fingerprint density at radius 1 is 1.24 bits per heavy atom. The topological polar surface area (TPSA) is 29.3 Å². The summed E-state index contributed by atoms with van der Waals surface area (Å²) in [6.45, 7) is 12.8. The maximum Gasteiger partial charge on any atom is 0.126 e. The number of hydrogen-bond donors (Lipinski definition) is 1. The third-order valence-corrected chi connectivity index (χ3v) is 4.86. The van der Waals surface area contributed by atoms with Gasteiger partial charge in [-0.15, -0.1) is 0 Å². The van der Waals surface area contributed by atoms with Crippen LogP contribution in [0.5, 0.6) is 0 Å². The molecule has 2 N–H and O–H groups in total. The van der Waals surface area contributed by atoms with E-state index >= 15 is 0 Å². The number of rotatable bonds is 2. The van der Waals surface area contributed by atoms with E-state index in [9.17, 15) is 4.39 Å². The van der Waals surface area contributed by atoms with E-state index in [2.05, 4.69) is 25.7 Å². The zero-order valence-corrected chi connectivity index (χ0v) is 14.0. The lowest BCUT2D eigenvalue weighted by Gasteiger charge is -2.40. The fraction of sp³-hybridized carbons (Fsp3) is 0.667. The van der Waals surface area contributed by atoms with Gasteiger partial charge >= 0.3 is 0 Å². The summed E-state index contributed by atoms with van der Waals surface area (Å²) in [6.07, 6.45) is 2.39. The van der Waals surface area contributed by atoms with E-state index in [1.54, 1.807) is 6.07 Å². The first-order valence-electron chi connectivity index (χ1n) is 8.00. The van der Waals surface area contributed by atoms with Crippen molar-refractivity contribution in [3.63, 3.8) is 0 Å². The smallest absolute Gasteiger partial charge is 0.126 e. The largest absolute Gasteiger partial charge is 0.371 e. The number of piperidine rings is 1. The highest BCUT2D eigenvalue weighted by molar-refractivity contribution is 5.57. The molecule has 2 rings (SSSR count). The molecule has 1 aliphatic rings. The summed E-state index contributed by atoms with van der Waals surface area (Å²) in [4.78, 5) is 2.38. The van der Waals surface area contributed by atoms with E-state index in [0.29, 0.717) is 11.0 Å². The molecule has 1 heterocycles. The van der Waals surface area contributed by atoms with Gasteiger partial charge in [-0.1, -0.05) is 20.8 Å². The summed E-state index contributed by atoms with van der Waals surface area (Å²) in [5.41, 5.74) is 9.16. The molecular weight excluding hydrogens is 263 g/mol. The molecule has 1 fully saturated rings. The van der Waals surface area contributed by atoms with Crippen LogP contribution >= 0.6 is 0 Å². The van der Waals surface area contributed by atoms with Crippen LogP contribution in [0.3, 0.4) is 0 Å². The molecule has 1 aromatic carbocycles. The number of aryl methyl sites for hydroxylation is 1. The lowest BCUT2D eigenvalue weighted by atomic mass is 9.75. The number of nitrogens with zero attached hydrogens (tertiary/aromatic N) is 1. The van der Waals surface area contributed by atoms with Crippen molar-refractivity contribution in [2.24, 2.45) is 17.1 Å². The number of nitrogens with two attached hydrogens (primary N) is 1. The van der Waals surface area contributed by atoms with E-state index in [1.165, 1.54) is 12.8 Å². The van der Waals surface area contributed by atoms with Crippen molar-refractivity contribution in [2.45, 2.75) is 53.5 Å². The van der Waals surface area contributed by atoms with Gasteiger partial charge in [-0.2, -0.15) is 0 Å². The van der Waals surface area contributed by atoms with Gasteiger partial charge in [0.05, 0.1) is 0 Å². The van der Waals surface area contributed by atoms with Crippen LogP contribution in [0.1, 0.15) is 57.7 Å². The van der Waals surface area contributed by atoms with E-state index in [4.69, 9.17) is 5.73 Å². The lowest BCUT2D eigenvalue weighted by molar-refractivity contribution is 0.199. The van der Waals surface area contributed by atoms with Gasteiger partial charge in [0, 0.05) is 24.8 Å². The van der Waals surface area contributed by atoms with Crippen molar-refractivity contribution < 1.29 is 4.39 Å². The predicted octanol–water partition coefficient (Wildman–Crippen LogP) is 4.42. The molecule has 3 heteroatoms. The number of anilines is 1. The fourth-order valence-electron chi connectivity index (χ4n) is 3.31. The number of hydrogen-bond acceptors (Lipinski definition) is 2. The van der Waals surface area contributed by atoms with Crippen molar-refractivity contribution in [2.75, 3.05) is 18.0 Å². The first-order chi connectivity index (χ1) is 9.70. The van der Waals surface area contributed by atoms with Crippen molar-refractivity contribution >= 4 is 5.69 Å². The SMILES string of the molecule is Cc1cc(N2CCC(C(C)(C)C)CC2)c([C@H](C)N)cc1F. The van der Waals surface area contributed by atoms with Crippen LogP contribution in [0.4, 0.5) is 10.1 Å². The maximum absolute atomic E-state index is 13.8. The second kappa shape index (κ2) is 5.96. The third kappa shape index (κ3) is 3.57. The van der Waals surface area contributed by atoms with Crippen molar-refractivity contribution in [3.8, 4) is 0 Å². The molecule has 1 aliphatic heterocycles. The van der Waals surface area contributed by atoms with Crippen molar-refractivity contribution in [1.29, 1.82) is 0 Å². The van der Waals surface area contributed by atoms with Gasteiger partial charge in [0.25, 0.3) is 0 Å². The minimum Gasteiger partial charge on any atom is -0.371 e. The highest BCUT2D eigenvalue weighted by atomic mass is 19.1. The molecule has 0 aliphatic carbocycles. The monoisotopic (exact) mass is 292 g/mol. The molecule has 1 aromatic rings. The highest BCUT2D eigenvalue weighted by Crippen LogP contribution is 2.37. The van der Waals surface area contributed by atoms with Gasteiger partial charge in [0.1, 0.15) is 5.82 Å². The lowest BCUT2D eigenvalue weighted by Crippen LogP contribution is -2.38. The van der Waals surface area contributed by atoms with E-state index < -0.39 is 0 Å². The summed E-state index contributed by atoms with van der Waals surface area (Å²) in [5, 5.41) is 0. The number of halogens is 1. The Morgan fingerprint density at radius 3 is 2.29 bits per heavy atom. The molecule has 0 aromatic heterocycles. The second-order valence-electron chi connectivity index (χ2n) is 7.58. The molecule has 118 valence electrons. The quantitative estimate of drug-likeness (QED) is 0.874. The van der Waals surface area contributed by atoms with Gasteiger partial charge in [0.2, 0.25) is 0 Å². The normalized spacial score (nSPS) is 18.9. The first-order valence-corrected chi connectivity index (χ1v) is 8.00. The molecule has 0 radical (unpaired) electrons. The summed E-state index contributed by atoms with van der Waals surface area (Å²) in [5.74, 6) is 0.602. The molecule has 2 nitrogen and oxygen atoms in total. The van der Waals surface area contributed by atoms with Gasteiger partial charge in [-0.25, -0.2) is 4.39 Å². The Hall–Kier alpha value is -1.09. The average Bonchev–Trinajstić information content (AvgIpc) is 2.40. The van der Waals surface area contributed by atoms with Crippen molar-refractivity contribution in [1.82, 2.24) is 0 Å². The molecular formula is C18H29FN2. The predicted molar refractivity (Wildman–Crippen MR) is 88.1 cm³/mol. The molecule has 0 unspecified atom stereocenters. The summed E-state index contributed by atoms with van der Waals surface area (Å²) >= 11 is 0. The first kappa shape index (κ1) is 16.3. The Kier molecular flexibility index (Phi) is 4.62. The third-order valence-electron chi connectivity index (χ3n) is 4.86. The maximum atomic E-state index is 13.8. The van der Waals surface area contributed by atoms with Gasteiger partial charge in [0.15, 0.2) is 0 Å². The van der Waals surface area contributed by atoms with Crippen LogP contribution in [0, 0.1) is 24.1 Å². The average molecular weight is 292 g/mol. The molecule has 0 bridgehead atoms. The molecule has 0 amide bonds. The van der Waals surface area contributed by atoms with Crippen LogP contribution in [0.25, 0.3) is 0 Å². The van der Waals surface area contributed by atoms with Crippen LogP contribution in [-0.4, -0.2) is 13.1 Å². The summed E-state index contributed by atoms with van der Waals surface area (Å²) < 4.78 is 13.8. The minimum absolute atomic E-state index is 0.143. The summed E-state index contributed by atoms with van der Waals surface area (Å²) in [7, 11) is 0. The van der Waals surface area contributed by atoms with Gasteiger partial charge < -0.3 is 10.6 Å². The Bertz CT molecular complexity index is 495. The van der Waals surface area contributed by atoms with Gasteiger partial charge in [-0.3, -0.25) is 0 Å². The Balaban J connectivity index is 2.22. The number of benzene rings is 1. The van der Waals surface area contributed by atoms with Crippen LogP contribution in [0.15, 0.2) is 12.1 Å². The summed E-state index contributed by atoms with van der Waals surface area (Å²) in [6, 6.07) is 3.44. The molecule has 1 saturated heterocycles. The molecule has 1 atom stereocenters. The Morgan fingerprint density at radius 2 is 1.81 bits per heavy atom. The molecule has 21 heavy (non-hydrogen) atoms. The second-order valence-corrected chi connectivity index (χ2v) is 7.58. The Labute approximate surface area is 128 Å². The molecule has 0 spiro atoms. The molecule has 0 saturated carbocycles. The standard InChI is InChI=1S/C18H29FN2/c1-12-10-17(15(13(2)20)11-16(12)19)21-8-6-14(7-9-21)18(3,4)5/h10-11,13-14H,6-9,20H2,1-5H3/t13-/m0/s1. The zero-order chi connectivity index (χ0) is 15.8. The minimum atomic E-state index is -0.157. The van der Waals surface area contributed by atoms with Crippen LogP contribution in [-0.2, 0) is 0 Å². The highest BCUT2D eigenvalue weighted by Gasteiger charge is 2.29. The van der Waals surface area contributed by atoms with E-state index in [0.717, 1.165) is 30.3 Å². The van der Waals surface area contributed by atoms with Crippen LogP contribution < -0.4 is 10.6 Å².